The zero-order valence-corrected chi connectivity index (χ0v) is 36.2. The number of benzene rings is 9. The minimum atomic E-state index is 0.678. The number of rotatable bonds is 10. The third-order valence-electron chi connectivity index (χ3n) is 12.1. The molecular formula is C63H43N3. The van der Waals surface area contributed by atoms with Crippen LogP contribution in [0.3, 0.4) is 0 Å². The summed E-state index contributed by atoms with van der Waals surface area (Å²) < 4.78 is 0. The Labute approximate surface area is 386 Å². The molecule has 0 radical (unpaired) electrons. The van der Waals surface area contributed by atoms with Crippen LogP contribution in [0.25, 0.3) is 112 Å². The summed E-state index contributed by atoms with van der Waals surface area (Å²) >= 11 is 0. The maximum atomic E-state index is 5.63. The molecule has 0 amide bonds. The molecule has 2 aromatic heterocycles. The van der Waals surface area contributed by atoms with E-state index < -0.39 is 0 Å². The summed E-state index contributed by atoms with van der Waals surface area (Å²) in [4.78, 5) is 16.0. The van der Waals surface area contributed by atoms with E-state index >= 15 is 0 Å². The van der Waals surface area contributed by atoms with Crippen LogP contribution in [0.2, 0.25) is 0 Å². The fraction of sp³-hybridized carbons (Fsp3) is 0. The first-order valence-corrected chi connectivity index (χ1v) is 22.3. The topological polar surface area (TPSA) is 38.7 Å². The Bertz CT molecular complexity index is 3290. The molecule has 11 aromatic rings. The Kier molecular flexibility index (Phi) is 11.0. The molecule has 0 N–H and O–H groups in total. The second kappa shape index (κ2) is 18.1. The van der Waals surface area contributed by atoms with E-state index in [0.717, 1.165) is 95.1 Å². The molecule has 0 saturated carbocycles. The standard InChI is InChI=1S/C63H43N3/c1-7-20-44(21-8-1)45-34-38-48(39-35-45)57-43-56(47-22-9-2-10-23-47)64-63(65-57)53-40-36-46(37-41-53)54-32-19-33-55(42-54)58-59(49-24-11-3-12-25-49)61(51-28-15-5-16-29-51)66-62(52-30-17-6-18-31-52)60(58)50-26-13-4-14-27-50/h1-43H. The average molecular weight is 842 g/mol. The van der Waals surface area contributed by atoms with Crippen molar-refractivity contribution in [1.29, 1.82) is 0 Å². The third kappa shape index (κ3) is 8.14. The predicted octanol–water partition coefficient (Wildman–Crippen LogP) is 16.5. The zero-order chi connectivity index (χ0) is 44.1. The summed E-state index contributed by atoms with van der Waals surface area (Å²) in [5.41, 5.74) is 20.0. The first kappa shape index (κ1) is 40.0. The molecule has 11 rings (SSSR count). The Morgan fingerprint density at radius 1 is 0.182 bits per heavy atom. The van der Waals surface area contributed by atoms with Crippen molar-refractivity contribution in [2.24, 2.45) is 0 Å². The zero-order valence-electron chi connectivity index (χ0n) is 36.2. The largest absolute Gasteiger partial charge is 0.246 e. The average Bonchev–Trinajstić information content (AvgIpc) is 3.42. The summed E-state index contributed by atoms with van der Waals surface area (Å²) in [5.74, 6) is 0.678. The van der Waals surface area contributed by atoms with E-state index in [0.29, 0.717) is 5.82 Å². The normalized spacial score (nSPS) is 11.0. The van der Waals surface area contributed by atoms with E-state index in [4.69, 9.17) is 15.0 Å². The van der Waals surface area contributed by atoms with Crippen molar-refractivity contribution in [3.8, 4) is 112 Å². The number of nitrogens with zero attached hydrogens (tertiary/aromatic N) is 3. The lowest BCUT2D eigenvalue weighted by atomic mass is 9.82. The van der Waals surface area contributed by atoms with Gasteiger partial charge < -0.3 is 0 Å². The molecule has 0 spiro atoms. The molecule has 0 unspecified atom stereocenters. The number of pyridine rings is 1. The van der Waals surface area contributed by atoms with Gasteiger partial charge in [0.15, 0.2) is 5.82 Å². The van der Waals surface area contributed by atoms with Gasteiger partial charge in [0.2, 0.25) is 0 Å². The second-order valence-corrected chi connectivity index (χ2v) is 16.3. The van der Waals surface area contributed by atoms with E-state index in [9.17, 15) is 0 Å². The fourth-order valence-corrected chi connectivity index (χ4v) is 8.87. The van der Waals surface area contributed by atoms with Gasteiger partial charge in [0.1, 0.15) is 0 Å². The Balaban J connectivity index is 1.05. The highest BCUT2D eigenvalue weighted by atomic mass is 14.9. The molecule has 2 heterocycles. The van der Waals surface area contributed by atoms with Crippen LogP contribution in [-0.4, -0.2) is 15.0 Å². The van der Waals surface area contributed by atoms with E-state index in [1.807, 2.05) is 12.1 Å². The molecule has 0 aliphatic rings. The molecular weight excluding hydrogens is 799 g/mol. The van der Waals surface area contributed by atoms with Crippen molar-refractivity contribution >= 4 is 0 Å². The maximum absolute atomic E-state index is 5.63. The Morgan fingerprint density at radius 2 is 0.500 bits per heavy atom. The van der Waals surface area contributed by atoms with Crippen LogP contribution >= 0.6 is 0 Å². The number of hydrogen-bond donors (Lipinski definition) is 0. The summed E-state index contributed by atoms with van der Waals surface area (Å²) in [7, 11) is 0. The van der Waals surface area contributed by atoms with Crippen molar-refractivity contribution in [1.82, 2.24) is 15.0 Å². The molecule has 310 valence electrons. The quantitative estimate of drug-likeness (QED) is 0.138. The van der Waals surface area contributed by atoms with Gasteiger partial charge in [0.25, 0.3) is 0 Å². The fourth-order valence-electron chi connectivity index (χ4n) is 8.87. The summed E-state index contributed by atoms with van der Waals surface area (Å²) in [5, 5.41) is 0. The number of aromatic nitrogens is 3. The molecule has 3 nitrogen and oxygen atoms in total. The van der Waals surface area contributed by atoms with E-state index in [1.54, 1.807) is 0 Å². The van der Waals surface area contributed by atoms with Crippen LogP contribution in [0.1, 0.15) is 0 Å². The van der Waals surface area contributed by atoms with Crippen LogP contribution in [0.5, 0.6) is 0 Å². The van der Waals surface area contributed by atoms with E-state index in [1.165, 1.54) is 11.1 Å². The molecule has 3 heteroatoms. The molecule has 0 saturated heterocycles. The highest BCUT2D eigenvalue weighted by molar-refractivity contribution is 6.05. The van der Waals surface area contributed by atoms with Gasteiger partial charge in [-0.1, -0.05) is 249 Å². The van der Waals surface area contributed by atoms with Crippen LogP contribution in [0.15, 0.2) is 261 Å². The van der Waals surface area contributed by atoms with Gasteiger partial charge >= 0.3 is 0 Å². The first-order valence-electron chi connectivity index (χ1n) is 22.3. The van der Waals surface area contributed by atoms with Gasteiger partial charge in [-0.15, -0.1) is 0 Å². The van der Waals surface area contributed by atoms with Crippen molar-refractivity contribution in [3.05, 3.63) is 261 Å². The molecule has 0 fully saturated rings. The molecule has 0 aliphatic carbocycles. The lowest BCUT2D eigenvalue weighted by Crippen LogP contribution is -2.01. The highest BCUT2D eigenvalue weighted by Gasteiger charge is 2.25. The monoisotopic (exact) mass is 841 g/mol. The second-order valence-electron chi connectivity index (χ2n) is 16.3. The van der Waals surface area contributed by atoms with Crippen molar-refractivity contribution in [2.75, 3.05) is 0 Å². The van der Waals surface area contributed by atoms with Crippen LogP contribution < -0.4 is 0 Å². The van der Waals surface area contributed by atoms with Crippen molar-refractivity contribution < 1.29 is 0 Å². The smallest absolute Gasteiger partial charge is 0.160 e. The van der Waals surface area contributed by atoms with E-state index in [-0.39, 0.29) is 0 Å². The van der Waals surface area contributed by atoms with Gasteiger partial charge in [0, 0.05) is 44.5 Å². The van der Waals surface area contributed by atoms with Gasteiger partial charge in [0.05, 0.1) is 22.8 Å². The van der Waals surface area contributed by atoms with Crippen LogP contribution in [0.4, 0.5) is 0 Å². The summed E-state index contributed by atoms with van der Waals surface area (Å²) in [6, 6.07) is 91.7. The predicted molar refractivity (Wildman–Crippen MR) is 274 cm³/mol. The maximum Gasteiger partial charge on any atom is 0.160 e. The summed E-state index contributed by atoms with van der Waals surface area (Å²) in [6.45, 7) is 0. The van der Waals surface area contributed by atoms with Crippen molar-refractivity contribution in [3.63, 3.8) is 0 Å². The summed E-state index contributed by atoms with van der Waals surface area (Å²) in [6.07, 6.45) is 0. The van der Waals surface area contributed by atoms with Gasteiger partial charge in [-0.3, -0.25) is 0 Å². The van der Waals surface area contributed by atoms with Gasteiger partial charge in [-0.25, -0.2) is 15.0 Å². The molecule has 0 atom stereocenters. The highest BCUT2D eigenvalue weighted by Crippen LogP contribution is 2.49. The van der Waals surface area contributed by atoms with Crippen LogP contribution in [-0.2, 0) is 0 Å². The molecule has 0 aliphatic heterocycles. The first-order chi connectivity index (χ1) is 32.7. The molecule has 66 heavy (non-hydrogen) atoms. The SMILES string of the molecule is c1ccc(-c2ccc(-c3cc(-c4ccccc4)nc(-c4ccc(-c5cccc(-c6c(-c7ccccc7)c(-c7ccccc7)nc(-c7ccccc7)c6-c6ccccc6)c5)cc4)n3)cc2)cc1. The van der Waals surface area contributed by atoms with Gasteiger partial charge in [-0.2, -0.15) is 0 Å². The number of hydrogen-bond acceptors (Lipinski definition) is 3. The minimum Gasteiger partial charge on any atom is -0.246 e. The lowest BCUT2D eigenvalue weighted by Gasteiger charge is -2.23. The van der Waals surface area contributed by atoms with Crippen LogP contribution in [0, 0.1) is 0 Å². The lowest BCUT2D eigenvalue weighted by molar-refractivity contribution is 1.18. The van der Waals surface area contributed by atoms with Crippen molar-refractivity contribution in [2.45, 2.75) is 0 Å². The minimum absolute atomic E-state index is 0.678. The molecule has 9 aromatic carbocycles. The van der Waals surface area contributed by atoms with E-state index in [2.05, 4.69) is 249 Å². The molecule has 0 bridgehead atoms. The Morgan fingerprint density at radius 3 is 0.970 bits per heavy atom. The third-order valence-corrected chi connectivity index (χ3v) is 12.1. The van der Waals surface area contributed by atoms with Gasteiger partial charge in [-0.05, 0) is 51.1 Å². The Hall–Kier alpha value is -8.79.